The zero-order valence-electron chi connectivity index (χ0n) is 11.6. The Balaban J connectivity index is 2.38. The number of alkyl halides is 1. The van der Waals surface area contributed by atoms with Gasteiger partial charge in [0.2, 0.25) is 0 Å². The molecule has 3 heteroatoms. The Morgan fingerprint density at radius 2 is 1.85 bits per heavy atom. The highest BCUT2D eigenvalue weighted by molar-refractivity contribution is 9.09. The quantitative estimate of drug-likeness (QED) is 0.658. The molecule has 2 atom stereocenters. The van der Waals surface area contributed by atoms with Crippen molar-refractivity contribution < 1.29 is 9.13 Å². The van der Waals surface area contributed by atoms with Gasteiger partial charge >= 0.3 is 0 Å². The predicted molar refractivity (Wildman–Crippen MR) is 84.1 cm³/mol. The lowest BCUT2D eigenvalue weighted by molar-refractivity contribution is 0.406. The van der Waals surface area contributed by atoms with Gasteiger partial charge in [0, 0.05) is 11.5 Å². The third-order valence-corrected chi connectivity index (χ3v) is 4.64. The summed E-state index contributed by atoms with van der Waals surface area (Å²) in [5.74, 6) is 0.739. The summed E-state index contributed by atoms with van der Waals surface area (Å²) >= 11 is 3.73. The first kappa shape index (κ1) is 15.0. The molecule has 2 rings (SSSR count). The summed E-state index contributed by atoms with van der Waals surface area (Å²) in [7, 11) is 1.61. The smallest absolute Gasteiger partial charge is 0.123 e. The number of rotatable bonds is 5. The van der Waals surface area contributed by atoms with E-state index in [0.717, 1.165) is 12.0 Å². The van der Waals surface area contributed by atoms with E-state index in [1.165, 1.54) is 11.6 Å². The van der Waals surface area contributed by atoms with Crippen LogP contribution in [0.15, 0.2) is 48.5 Å². The van der Waals surface area contributed by atoms with Crippen LogP contribution in [-0.2, 0) is 0 Å². The molecule has 1 nitrogen and oxygen atoms in total. The van der Waals surface area contributed by atoms with Crippen molar-refractivity contribution in [1.82, 2.24) is 0 Å². The lowest BCUT2D eigenvalue weighted by Crippen LogP contribution is -2.07. The molecule has 0 saturated carbocycles. The second-order valence-electron chi connectivity index (χ2n) is 4.71. The number of hydrogen-bond donors (Lipinski definition) is 0. The average molecular weight is 337 g/mol. The standard InChI is InChI=1S/C17H18BrFO/c1-3-14(12-7-5-4-6-8-12)17(18)15-11-13(19)9-10-16(15)20-2/h4-11,14,17H,3H2,1-2H3. The van der Waals surface area contributed by atoms with Crippen LogP contribution in [0.5, 0.6) is 5.75 Å². The molecule has 0 aliphatic rings. The molecule has 0 aliphatic heterocycles. The van der Waals surface area contributed by atoms with Gasteiger partial charge < -0.3 is 4.74 Å². The maximum atomic E-state index is 13.5. The second kappa shape index (κ2) is 6.89. The Bertz CT molecular complexity index is 556. The van der Waals surface area contributed by atoms with Gasteiger partial charge in [0.1, 0.15) is 11.6 Å². The van der Waals surface area contributed by atoms with E-state index in [1.54, 1.807) is 19.2 Å². The lowest BCUT2D eigenvalue weighted by atomic mass is 9.89. The fourth-order valence-corrected chi connectivity index (χ4v) is 3.49. The van der Waals surface area contributed by atoms with E-state index in [-0.39, 0.29) is 16.6 Å². The van der Waals surface area contributed by atoms with Crippen molar-refractivity contribution >= 4 is 15.9 Å². The molecule has 2 aromatic rings. The summed E-state index contributed by atoms with van der Waals surface area (Å²) in [4.78, 5) is 0.0144. The zero-order chi connectivity index (χ0) is 14.5. The summed E-state index contributed by atoms with van der Waals surface area (Å²) in [5.41, 5.74) is 2.09. The molecule has 0 aromatic heterocycles. The average Bonchev–Trinajstić information content (AvgIpc) is 2.49. The summed E-state index contributed by atoms with van der Waals surface area (Å²) in [6.07, 6.45) is 0.958. The van der Waals surface area contributed by atoms with Crippen LogP contribution < -0.4 is 4.74 Å². The maximum absolute atomic E-state index is 13.5. The third-order valence-electron chi connectivity index (χ3n) is 3.51. The molecule has 0 N–H and O–H groups in total. The van der Waals surface area contributed by atoms with Crippen molar-refractivity contribution in [2.75, 3.05) is 7.11 Å². The van der Waals surface area contributed by atoms with E-state index in [2.05, 4.69) is 35.0 Å². The highest BCUT2D eigenvalue weighted by Crippen LogP contribution is 2.43. The van der Waals surface area contributed by atoms with Crippen LogP contribution >= 0.6 is 15.9 Å². The van der Waals surface area contributed by atoms with Gasteiger partial charge in [-0.2, -0.15) is 0 Å². The summed E-state index contributed by atoms with van der Waals surface area (Å²) in [6, 6.07) is 14.9. The largest absolute Gasteiger partial charge is 0.496 e. The molecule has 20 heavy (non-hydrogen) atoms. The van der Waals surface area contributed by atoms with Crippen molar-refractivity contribution in [3.8, 4) is 5.75 Å². The molecule has 106 valence electrons. The molecule has 0 bridgehead atoms. The number of benzene rings is 2. The van der Waals surface area contributed by atoms with Gasteiger partial charge in [-0.3, -0.25) is 0 Å². The number of methoxy groups -OCH3 is 1. The van der Waals surface area contributed by atoms with Crippen molar-refractivity contribution in [3.63, 3.8) is 0 Å². The molecule has 0 spiro atoms. The molecular weight excluding hydrogens is 319 g/mol. The summed E-state index contributed by atoms with van der Waals surface area (Å²) in [6.45, 7) is 2.14. The van der Waals surface area contributed by atoms with E-state index < -0.39 is 0 Å². The normalized spacial score (nSPS) is 13.8. The molecule has 2 aromatic carbocycles. The first-order valence-electron chi connectivity index (χ1n) is 6.69. The lowest BCUT2D eigenvalue weighted by Gasteiger charge is -2.23. The monoisotopic (exact) mass is 336 g/mol. The van der Waals surface area contributed by atoms with Crippen LogP contribution in [0.2, 0.25) is 0 Å². The van der Waals surface area contributed by atoms with Gasteiger partial charge in [-0.05, 0) is 30.2 Å². The fraction of sp³-hybridized carbons (Fsp3) is 0.294. The van der Waals surface area contributed by atoms with E-state index in [4.69, 9.17) is 4.74 Å². The van der Waals surface area contributed by atoms with Crippen molar-refractivity contribution in [2.24, 2.45) is 0 Å². The molecule has 0 heterocycles. The van der Waals surface area contributed by atoms with Crippen molar-refractivity contribution in [1.29, 1.82) is 0 Å². The van der Waals surface area contributed by atoms with Gasteiger partial charge in [0.05, 0.1) is 11.9 Å². The van der Waals surface area contributed by atoms with Gasteiger partial charge in [-0.1, -0.05) is 53.2 Å². The van der Waals surface area contributed by atoms with Crippen molar-refractivity contribution in [3.05, 3.63) is 65.5 Å². The van der Waals surface area contributed by atoms with Crippen LogP contribution in [0.25, 0.3) is 0 Å². The summed E-state index contributed by atoms with van der Waals surface area (Å²) < 4.78 is 18.9. The zero-order valence-corrected chi connectivity index (χ0v) is 13.2. The Morgan fingerprint density at radius 3 is 2.45 bits per heavy atom. The first-order chi connectivity index (χ1) is 9.67. The Morgan fingerprint density at radius 1 is 1.15 bits per heavy atom. The van der Waals surface area contributed by atoms with Gasteiger partial charge in [0.15, 0.2) is 0 Å². The Hall–Kier alpha value is -1.35. The molecule has 2 unspecified atom stereocenters. The second-order valence-corrected chi connectivity index (χ2v) is 5.70. The Kier molecular flexibility index (Phi) is 5.18. The molecule has 0 amide bonds. The number of ether oxygens (including phenoxy) is 1. The minimum absolute atomic E-state index is 0.0144. The fourth-order valence-electron chi connectivity index (χ4n) is 2.45. The van der Waals surface area contributed by atoms with E-state index >= 15 is 0 Å². The SMILES string of the molecule is CCC(c1ccccc1)C(Br)c1cc(F)ccc1OC. The topological polar surface area (TPSA) is 9.23 Å². The maximum Gasteiger partial charge on any atom is 0.123 e. The predicted octanol–water partition coefficient (Wildman–Crippen LogP) is 5.46. The molecular formula is C17H18BrFO. The van der Waals surface area contributed by atoms with E-state index in [1.807, 2.05) is 18.2 Å². The Labute approximate surface area is 127 Å². The molecule has 0 aliphatic carbocycles. The van der Waals surface area contributed by atoms with Crippen LogP contribution in [0.4, 0.5) is 4.39 Å². The highest BCUT2D eigenvalue weighted by Gasteiger charge is 2.24. The molecule has 0 fully saturated rings. The van der Waals surface area contributed by atoms with Crippen LogP contribution in [-0.4, -0.2) is 7.11 Å². The van der Waals surface area contributed by atoms with Gasteiger partial charge in [-0.25, -0.2) is 4.39 Å². The van der Waals surface area contributed by atoms with Gasteiger partial charge in [0.25, 0.3) is 0 Å². The van der Waals surface area contributed by atoms with Crippen LogP contribution in [0, 0.1) is 5.82 Å². The number of hydrogen-bond acceptors (Lipinski definition) is 1. The van der Waals surface area contributed by atoms with Crippen LogP contribution in [0.1, 0.15) is 35.2 Å². The minimum Gasteiger partial charge on any atom is -0.496 e. The van der Waals surface area contributed by atoms with E-state index in [0.29, 0.717) is 5.75 Å². The van der Waals surface area contributed by atoms with Crippen LogP contribution in [0.3, 0.4) is 0 Å². The highest BCUT2D eigenvalue weighted by atomic mass is 79.9. The van der Waals surface area contributed by atoms with Gasteiger partial charge in [-0.15, -0.1) is 0 Å². The van der Waals surface area contributed by atoms with E-state index in [9.17, 15) is 4.39 Å². The molecule has 0 radical (unpaired) electrons. The van der Waals surface area contributed by atoms with Crippen molar-refractivity contribution in [2.45, 2.75) is 24.1 Å². The minimum atomic E-state index is -0.242. The summed E-state index contributed by atoms with van der Waals surface area (Å²) in [5, 5.41) is 0. The first-order valence-corrected chi connectivity index (χ1v) is 7.61. The number of halogens is 2. The molecule has 0 saturated heterocycles. The third kappa shape index (κ3) is 3.21.